The maximum Gasteiger partial charge on any atom is 0.194 e. The first-order chi connectivity index (χ1) is 11.3. The zero-order chi connectivity index (χ0) is 15.9. The minimum atomic E-state index is 0. The molecular weight excluding hydrogens is 415 g/mol. The van der Waals surface area contributed by atoms with E-state index in [1.54, 1.807) is 0 Å². The molecule has 3 aliphatic rings. The summed E-state index contributed by atoms with van der Waals surface area (Å²) in [5, 5.41) is 3.50. The molecule has 6 heteroatoms. The molecule has 0 spiro atoms. The molecule has 0 amide bonds. The van der Waals surface area contributed by atoms with Gasteiger partial charge < -0.3 is 15.0 Å². The van der Waals surface area contributed by atoms with Crippen LogP contribution in [0.25, 0.3) is 0 Å². The molecule has 0 aromatic rings. The maximum atomic E-state index is 5.50. The molecule has 3 rings (SSSR count). The molecule has 0 aromatic heterocycles. The van der Waals surface area contributed by atoms with Gasteiger partial charge in [-0.15, -0.1) is 24.0 Å². The standard InChI is InChI=1S/C18H34N4O.HI/c1-2-19-18(20-13-16-5-3-4-6-16)22-10-8-21(9-11-22)14-17-7-12-23-15-17;/h16-17H,2-15H2,1H3,(H,19,20);1H. The number of hydrogen-bond donors (Lipinski definition) is 1. The molecule has 2 saturated heterocycles. The van der Waals surface area contributed by atoms with Crippen molar-refractivity contribution in [2.75, 3.05) is 59.0 Å². The quantitative estimate of drug-likeness (QED) is 0.397. The highest BCUT2D eigenvalue weighted by Gasteiger charge is 2.24. The largest absolute Gasteiger partial charge is 0.381 e. The molecule has 3 fully saturated rings. The number of guanidine groups is 1. The van der Waals surface area contributed by atoms with Crippen molar-refractivity contribution in [2.45, 2.75) is 39.0 Å². The van der Waals surface area contributed by atoms with Gasteiger partial charge in [-0.25, -0.2) is 0 Å². The van der Waals surface area contributed by atoms with E-state index in [0.717, 1.165) is 70.3 Å². The lowest BCUT2D eigenvalue weighted by Gasteiger charge is -2.37. The van der Waals surface area contributed by atoms with E-state index in [4.69, 9.17) is 9.73 Å². The van der Waals surface area contributed by atoms with Crippen molar-refractivity contribution < 1.29 is 4.74 Å². The van der Waals surface area contributed by atoms with Gasteiger partial charge in [-0.3, -0.25) is 9.89 Å². The average Bonchev–Trinajstić information content (AvgIpc) is 3.26. The minimum absolute atomic E-state index is 0. The Balaban J connectivity index is 0.00000208. The van der Waals surface area contributed by atoms with Gasteiger partial charge in [0.1, 0.15) is 0 Å². The molecule has 2 aliphatic heterocycles. The van der Waals surface area contributed by atoms with Gasteiger partial charge in [-0.05, 0) is 38.0 Å². The van der Waals surface area contributed by atoms with E-state index in [1.165, 1.54) is 38.6 Å². The number of piperazine rings is 1. The van der Waals surface area contributed by atoms with Crippen molar-refractivity contribution in [3.63, 3.8) is 0 Å². The van der Waals surface area contributed by atoms with Gasteiger partial charge in [-0.2, -0.15) is 0 Å². The van der Waals surface area contributed by atoms with Crippen LogP contribution in [0.3, 0.4) is 0 Å². The van der Waals surface area contributed by atoms with Gasteiger partial charge in [-0.1, -0.05) is 12.8 Å². The number of hydrogen-bond acceptors (Lipinski definition) is 3. The lowest BCUT2D eigenvalue weighted by molar-refractivity contribution is 0.139. The summed E-state index contributed by atoms with van der Waals surface area (Å²) in [5.74, 6) is 2.72. The van der Waals surface area contributed by atoms with E-state index in [1.807, 2.05) is 0 Å². The molecule has 0 aromatic carbocycles. The van der Waals surface area contributed by atoms with Crippen LogP contribution in [0.15, 0.2) is 4.99 Å². The van der Waals surface area contributed by atoms with Crippen molar-refractivity contribution in [3.05, 3.63) is 0 Å². The van der Waals surface area contributed by atoms with Crippen LogP contribution >= 0.6 is 24.0 Å². The first-order valence-corrected chi connectivity index (χ1v) is 9.68. The van der Waals surface area contributed by atoms with E-state index in [0.29, 0.717) is 0 Å². The summed E-state index contributed by atoms with van der Waals surface area (Å²) in [5.41, 5.74) is 0. The number of aliphatic imine (C=N–C) groups is 1. The minimum Gasteiger partial charge on any atom is -0.381 e. The Kier molecular flexibility index (Phi) is 9.11. The Morgan fingerprint density at radius 2 is 1.83 bits per heavy atom. The molecule has 140 valence electrons. The summed E-state index contributed by atoms with van der Waals surface area (Å²) in [4.78, 5) is 10.0. The third-order valence-electron chi connectivity index (χ3n) is 5.52. The van der Waals surface area contributed by atoms with Crippen LogP contribution in [-0.4, -0.2) is 74.8 Å². The molecule has 1 aliphatic carbocycles. The highest BCUT2D eigenvalue weighted by atomic mass is 127. The number of rotatable bonds is 5. The molecule has 1 N–H and O–H groups in total. The smallest absolute Gasteiger partial charge is 0.194 e. The summed E-state index contributed by atoms with van der Waals surface area (Å²) in [7, 11) is 0. The third-order valence-corrected chi connectivity index (χ3v) is 5.52. The summed E-state index contributed by atoms with van der Waals surface area (Å²) < 4.78 is 5.50. The van der Waals surface area contributed by atoms with Gasteiger partial charge in [0.15, 0.2) is 5.96 Å². The Bertz CT molecular complexity index is 373. The lowest BCUT2D eigenvalue weighted by Crippen LogP contribution is -2.53. The van der Waals surface area contributed by atoms with Crippen molar-refractivity contribution in [3.8, 4) is 0 Å². The third kappa shape index (κ3) is 6.02. The lowest BCUT2D eigenvalue weighted by atomic mass is 10.1. The second-order valence-corrected chi connectivity index (χ2v) is 7.36. The summed E-state index contributed by atoms with van der Waals surface area (Å²) >= 11 is 0. The number of halogens is 1. The van der Waals surface area contributed by atoms with Gasteiger partial charge in [0.25, 0.3) is 0 Å². The van der Waals surface area contributed by atoms with Crippen molar-refractivity contribution in [1.29, 1.82) is 0 Å². The maximum absolute atomic E-state index is 5.50. The van der Waals surface area contributed by atoms with Crippen molar-refractivity contribution in [2.24, 2.45) is 16.8 Å². The zero-order valence-corrected chi connectivity index (χ0v) is 17.5. The second kappa shape index (κ2) is 10.8. The zero-order valence-electron chi connectivity index (χ0n) is 15.2. The van der Waals surface area contributed by atoms with Gasteiger partial charge in [0.2, 0.25) is 0 Å². The molecule has 1 unspecified atom stereocenters. The van der Waals surface area contributed by atoms with Gasteiger partial charge >= 0.3 is 0 Å². The second-order valence-electron chi connectivity index (χ2n) is 7.36. The molecule has 0 radical (unpaired) electrons. The number of nitrogens with zero attached hydrogens (tertiary/aromatic N) is 3. The molecule has 5 nitrogen and oxygen atoms in total. The van der Waals surface area contributed by atoms with Crippen LogP contribution in [0.1, 0.15) is 39.0 Å². The fraction of sp³-hybridized carbons (Fsp3) is 0.944. The number of nitrogens with one attached hydrogen (secondary N) is 1. The summed E-state index contributed by atoms with van der Waals surface area (Å²) in [6.07, 6.45) is 6.80. The van der Waals surface area contributed by atoms with E-state index in [-0.39, 0.29) is 24.0 Å². The first-order valence-electron chi connectivity index (χ1n) is 9.68. The molecule has 2 heterocycles. The fourth-order valence-corrected chi connectivity index (χ4v) is 4.07. The SMILES string of the molecule is CCNC(=NCC1CCCC1)N1CCN(CC2CCOC2)CC1.I. The predicted molar refractivity (Wildman–Crippen MR) is 110 cm³/mol. The Morgan fingerprint density at radius 3 is 2.46 bits per heavy atom. The predicted octanol–water partition coefficient (Wildman–Crippen LogP) is 2.41. The highest BCUT2D eigenvalue weighted by Crippen LogP contribution is 2.24. The topological polar surface area (TPSA) is 40.1 Å². The van der Waals surface area contributed by atoms with Crippen molar-refractivity contribution >= 4 is 29.9 Å². The average molecular weight is 450 g/mol. The van der Waals surface area contributed by atoms with Gasteiger partial charge in [0, 0.05) is 52.4 Å². The molecule has 24 heavy (non-hydrogen) atoms. The van der Waals surface area contributed by atoms with Crippen LogP contribution < -0.4 is 5.32 Å². The van der Waals surface area contributed by atoms with E-state index in [9.17, 15) is 0 Å². The van der Waals surface area contributed by atoms with E-state index in [2.05, 4.69) is 22.0 Å². The van der Waals surface area contributed by atoms with Crippen molar-refractivity contribution in [1.82, 2.24) is 15.1 Å². The Morgan fingerprint density at radius 1 is 1.08 bits per heavy atom. The first kappa shape index (κ1) is 20.2. The Labute approximate surface area is 164 Å². The summed E-state index contributed by atoms with van der Waals surface area (Å²) in [6, 6.07) is 0. The molecule has 0 bridgehead atoms. The van der Waals surface area contributed by atoms with Gasteiger partial charge in [0.05, 0.1) is 6.61 Å². The molecule has 1 saturated carbocycles. The summed E-state index contributed by atoms with van der Waals surface area (Å²) in [6.45, 7) is 11.8. The van der Waals surface area contributed by atoms with Crippen LogP contribution in [0, 0.1) is 11.8 Å². The van der Waals surface area contributed by atoms with Crippen LogP contribution in [-0.2, 0) is 4.74 Å². The Hall–Kier alpha value is -0.0800. The molecule has 1 atom stereocenters. The molecular formula is C18H35IN4O. The van der Waals surface area contributed by atoms with Crippen LogP contribution in [0.2, 0.25) is 0 Å². The van der Waals surface area contributed by atoms with Crippen LogP contribution in [0.5, 0.6) is 0 Å². The normalized spacial score (nSPS) is 26.6. The monoisotopic (exact) mass is 450 g/mol. The highest BCUT2D eigenvalue weighted by molar-refractivity contribution is 14.0. The number of ether oxygens (including phenoxy) is 1. The van der Waals surface area contributed by atoms with E-state index >= 15 is 0 Å². The van der Waals surface area contributed by atoms with Crippen LogP contribution in [0.4, 0.5) is 0 Å². The fourth-order valence-electron chi connectivity index (χ4n) is 4.07. The van der Waals surface area contributed by atoms with E-state index < -0.39 is 0 Å².